The highest BCUT2D eigenvalue weighted by Crippen LogP contribution is 2.30. The van der Waals surface area contributed by atoms with Gasteiger partial charge < -0.3 is 0 Å². The van der Waals surface area contributed by atoms with Gasteiger partial charge in [-0.1, -0.05) is 20.3 Å². The Kier molecular flexibility index (Phi) is 3.35. The summed E-state index contributed by atoms with van der Waals surface area (Å²) in [5.41, 5.74) is 0. The molecule has 1 unspecified atom stereocenters. The lowest BCUT2D eigenvalue weighted by molar-refractivity contribution is 0.393. The molecule has 1 atom stereocenters. The van der Waals surface area contributed by atoms with Gasteiger partial charge in [0, 0.05) is 13.6 Å². The average Bonchev–Trinajstić information content (AvgIpc) is 2.86. The van der Waals surface area contributed by atoms with Gasteiger partial charge in [-0.2, -0.15) is 0 Å². The fraction of sp³-hybridized carbons (Fsp3) is 1.00. The van der Waals surface area contributed by atoms with Crippen molar-refractivity contribution >= 4 is 10.0 Å². The maximum absolute atomic E-state index is 11.7. The Morgan fingerprint density at radius 1 is 1.46 bits per heavy atom. The number of hydrogen-bond donors (Lipinski definition) is 0. The Morgan fingerprint density at radius 3 is 2.38 bits per heavy atom. The molecule has 0 aliphatic heterocycles. The van der Waals surface area contributed by atoms with E-state index >= 15 is 0 Å². The van der Waals surface area contributed by atoms with Crippen molar-refractivity contribution in [3.63, 3.8) is 0 Å². The largest absolute Gasteiger partial charge is 0.216 e. The summed E-state index contributed by atoms with van der Waals surface area (Å²) in [5, 5.41) is -0.0680. The van der Waals surface area contributed by atoms with Crippen molar-refractivity contribution in [1.82, 2.24) is 4.31 Å². The van der Waals surface area contributed by atoms with Gasteiger partial charge in [0.1, 0.15) is 0 Å². The molecule has 3 nitrogen and oxygen atoms in total. The molecule has 78 valence electrons. The van der Waals surface area contributed by atoms with Crippen LogP contribution in [0.5, 0.6) is 0 Å². The summed E-state index contributed by atoms with van der Waals surface area (Å²) in [6, 6.07) is 0. The van der Waals surface area contributed by atoms with E-state index in [2.05, 4.69) is 13.8 Å². The molecule has 0 aromatic rings. The molecule has 1 aliphatic carbocycles. The van der Waals surface area contributed by atoms with Crippen LogP contribution in [0.1, 0.15) is 33.1 Å². The van der Waals surface area contributed by atoms with Crippen LogP contribution in [0.4, 0.5) is 0 Å². The Morgan fingerprint density at radius 2 is 2.00 bits per heavy atom. The zero-order chi connectivity index (χ0) is 10.1. The lowest BCUT2D eigenvalue weighted by atomic mass is 10.1. The molecule has 0 bridgehead atoms. The van der Waals surface area contributed by atoms with Crippen LogP contribution in [0.25, 0.3) is 0 Å². The highest BCUT2D eigenvalue weighted by molar-refractivity contribution is 7.90. The molecule has 1 aliphatic rings. The Bertz CT molecular complexity index is 257. The number of hydrogen-bond acceptors (Lipinski definition) is 2. The second-order valence-corrected chi connectivity index (χ2v) is 6.36. The van der Waals surface area contributed by atoms with E-state index in [1.54, 1.807) is 7.05 Å². The summed E-state index contributed by atoms with van der Waals surface area (Å²) in [6.45, 7) is 4.83. The maximum Gasteiger partial charge on any atom is 0.216 e. The second kappa shape index (κ2) is 3.96. The van der Waals surface area contributed by atoms with Gasteiger partial charge in [-0.15, -0.1) is 0 Å². The highest BCUT2D eigenvalue weighted by Gasteiger charge is 2.38. The molecule has 0 heterocycles. The molecule has 0 spiro atoms. The van der Waals surface area contributed by atoms with Gasteiger partial charge in [0.05, 0.1) is 5.25 Å². The fourth-order valence-corrected chi connectivity index (χ4v) is 3.00. The van der Waals surface area contributed by atoms with Crippen molar-refractivity contribution < 1.29 is 8.42 Å². The van der Waals surface area contributed by atoms with Crippen LogP contribution in [0.3, 0.4) is 0 Å². The van der Waals surface area contributed by atoms with E-state index in [4.69, 9.17) is 0 Å². The lowest BCUT2D eigenvalue weighted by Gasteiger charge is -2.20. The molecule has 13 heavy (non-hydrogen) atoms. The average molecular weight is 205 g/mol. The van der Waals surface area contributed by atoms with Gasteiger partial charge in [-0.3, -0.25) is 0 Å². The first-order chi connectivity index (χ1) is 5.98. The topological polar surface area (TPSA) is 37.4 Å². The third-order valence-electron chi connectivity index (χ3n) is 2.65. The van der Waals surface area contributed by atoms with E-state index in [1.807, 2.05) is 0 Å². The van der Waals surface area contributed by atoms with Crippen molar-refractivity contribution in [2.45, 2.75) is 38.4 Å². The SMILES string of the molecule is CCC(C)CN(C)S(=O)(=O)C1CC1. The standard InChI is InChI=1S/C9H19NO2S/c1-4-8(2)7-10(3)13(11,12)9-5-6-9/h8-9H,4-7H2,1-3H3. The zero-order valence-corrected chi connectivity index (χ0v) is 9.47. The van der Waals surface area contributed by atoms with Crippen molar-refractivity contribution in [1.29, 1.82) is 0 Å². The predicted molar refractivity (Wildman–Crippen MR) is 54.0 cm³/mol. The van der Waals surface area contributed by atoms with E-state index in [9.17, 15) is 8.42 Å². The van der Waals surface area contributed by atoms with Crippen LogP contribution in [0.15, 0.2) is 0 Å². The van der Waals surface area contributed by atoms with E-state index < -0.39 is 10.0 Å². The van der Waals surface area contributed by atoms with Gasteiger partial charge >= 0.3 is 0 Å². The molecule has 0 saturated heterocycles. The molecular weight excluding hydrogens is 186 g/mol. The molecular formula is C9H19NO2S. The fourth-order valence-electron chi connectivity index (χ4n) is 1.29. The number of rotatable bonds is 5. The molecule has 0 radical (unpaired) electrons. The number of sulfonamides is 1. The van der Waals surface area contributed by atoms with Crippen molar-refractivity contribution in [3.05, 3.63) is 0 Å². The van der Waals surface area contributed by atoms with Crippen LogP contribution < -0.4 is 0 Å². The Balaban J connectivity index is 2.51. The van der Waals surface area contributed by atoms with Crippen LogP contribution in [0.2, 0.25) is 0 Å². The van der Waals surface area contributed by atoms with E-state index in [0.717, 1.165) is 19.3 Å². The van der Waals surface area contributed by atoms with Crippen LogP contribution in [-0.2, 0) is 10.0 Å². The molecule has 1 fully saturated rings. The first-order valence-corrected chi connectivity index (χ1v) is 6.44. The monoisotopic (exact) mass is 205 g/mol. The third kappa shape index (κ3) is 2.68. The van der Waals surface area contributed by atoms with Gasteiger partial charge in [0.15, 0.2) is 0 Å². The quantitative estimate of drug-likeness (QED) is 0.681. The summed E-state index contributed by atoms with van der Waals surface area (Å²) in [4.78, 5) is 0. The molecule has 0 amide bonds. The molecule has 0 aromatic heterocycles. The van der Waals surface area contributed by atoms with Crippen LogP contribution in [-0.4, -0.2) is 31.6 Å². The number of nitrogens with zero attached hydrogens (tertiary/aromatic N) is 1. The molecule has 1 saturated carbocycles. The van der Waals surface area contributed by atoms with Crippen LogP contribution in [0, 0.1) is 5.92 Å². The van der Waals surface area contributed by atoms with Gasteiger partial charge in [-0.05, 0) is 18.8 Å². The smallest absolute Gasteiger partial charge is 0.212 e. The highest BCUT2D eigenvalue weighted by atomic mass is 32.2. The minimum Gasteiger partial charge on any atom is -0.212 e. The van der Waals surface area contributed by atoms with E-state index in [0.29, 0.717) is 12.5 Å². The molecule has 0 N–H and O–H groups in total. The summed E-state index contributed by atoms with van der Waals surface area (Å²) in [7, 11) is -1.24. The zero-order valence-electron chi connectivity index (χ0n) is 8.66. The van der Waals surface area contributed by atoms with Crippen LogP contribution >= 0.6 is 0 Å². The summed E-state index contributed by atoms with van der Waals surface area (Å²) in [6.07, 6.45) is 2.74. The van der Waals surface area contributed by atoms with Crippen molar-refractivity contribution in [3.8, 4) is 0 Å². The minimum atomic E-state index is -2.94. The van der Waals surface area contributed by atoms with Crippen molar-refractivity contribution in [2.75, 3.05) is 13.6 Å². The van der Waals surface area contributed by atoms with Gasteiger partial charge in [0.2, 0.25) is 10.0 Å². The Hall–Kier alpha value is -0.0900. The van der Waals surface area contributed by atoms with Crippen molar-refractivity contribution in [2.24, 2.45) is 5.92 Å². The van der Waals surface area contributed by atoms with E-state index in [-0.39, 0.29) is 5.25 Å². The molecule has 1 rings (SSSR count). The van der Waals surface area contributed by atoms with Gasteiger partial charge in [0.25, 0.3) is 0 Å². The first kappa shape index (κ1) is 11.0. The molecule has 0 aromatic carbocycles. The van der Waals surface area contributed by atoms with Gasteiger partial charge in [-0.25, -0.2) is 12.7 Å². The lowest BCUT2D eigenvalue weighted by Crippen LogP contribution is -2.33. The summed E-state index contributed by atoms with van der Waals surface area (Å²) >= 11 is 0. The Labute approximate surface area is 81.2 Å². The predicted octanol–water partition coefficient (Wildman–Crippen LogP) is 1.46. The third-order valence-corrected chi connectivity index (χ3v) is 4.98. The van der Waals surface area contributed by atoms with E-state index in [1.165, 1.54) is 4.31 Å². The molecule has 4 heteroatoms. The summed E-state index contributed by atoms with van der Waals surface area (Å²) in [5.74, 6) is 0.457. The minimum absolute atomic E-state index is 0.0680. The first-order valence-electron chi connectivity index (χ1n) is 4.93. The maximum atomic E-state index is 11.7. The summed E-state index contributed by atoms with van der Waals surface area (Å²) < 4.78 is 24.9. The normalized spacial score (nSPS) is 20.6. The second-order valence-electron chi connectivity index (χ2n) is 4.04.